The molecular formula is C12H19BrN2. The van der Waals surface area contributed by atoms with Gasteiger partial charge in [0, 0.05) is 22.1 Å². The Kier molecular flexibility index (Phi) is 4.26. The van der Waals surface area contributed by atoms with Gasteiger partial charge in [-0.15, -0.1) is 0 Å². The molecular weight excluding hydrogens is 252 g/mol. The van der Waals surface area contributed by atoms with Crippen molar-refractivity contribution in [3.05, 3.63) is 23.3 Å². The lowest BCUT2D eigenvalue weighted by Crippen LogP contribution is -2.19. The molecule has 0 aliphatic carbocycles. The number of halogens is 1. The van der Waals surface area contributed by atoms with Gasteiger partial charge in [0.15, 0.2) is 0 Å². The average molecular weight is 271 g/mol. The fraction of sp³-hybridized carbons (Fsp3) is 0.667. The Balaban J connectivity index is 3.11. The van der Waals surface area contributed by atoms with E-state index >= 15 is 0 Å². The third-order valence-electron chi connectivity index (χ3n) is 2.51. The van der Waals surface area contributed by atoms with Gasteiger partial charge in [-0.1, -0.05) is 36.7 Å². The van der Waals surface area contributed by atoms with Crippen LogP contribution in [0.3, 0.4) is 0 Å². The summed E-state index contributed by atoms with van der Waals surface area (Å²) < 4.78 is 0. The maximum absolute atomic E-state index is 4.54. The van der Waals surface area contributed by atoms with Gasteiger partial charge >= 0.3 is 0 Å². The van der Waals surface area contributed by atoms with Crippen molar-refractivity contribution in [3.8, 4) is 0 Å². The van der Waals surface area contributed by atoms with Crippen molar-refractivity contribution in [1.29, 1.82) is 0 Å². The number of hydrogen-bond acceptors (Lipinski definition) is 2. The summed E-state index contributed by atoms with van der Waals surface area (Å²) in [6, 6.07) is 2.01. The maximum atomic E-state index is 4.54. The van der Waals surface area contributed by atoms with E-state index < -0.39 is 0 Å². The molecule has 0 spiro atoms. The molecule has 1 aromatic heterocycles. The lowest BCUT2D eigenvalue weighted by molar-refractivity contribution is 0.474. The molecule has 84 valence electrons. The lowest BCUT2D eigenvalue weighted by atomic mass is 9.92. The maximum Gasteiger partial charge on any atom is 0.133 e. The molecule has 0 aliphatic rings. The average Bonchev–Trinajstić information content (AvgIpc) is 1.99. The molecule has 0 amide bonds. The number of nitrogens with zero attached hydrogens (tertiary/aromatic N) is 2. The van der Waals surface area contributed by atoms with E-state index in [1.165, 1.54) is 0 Å². The molecule has 0 saturated carbocycles. The third kappa shape index (κ3) is 3.26. The van der Waals surface area contributed by atoms with Gasteiger partial charge < -0.3 is 0 Å². The highest BCUT2D eigenvalue weighted by Gasteiger charge is 2.23. The zero-order chi connectivity index (χ0) is 11.6. The highest BCUT2D eigenvalue weighted by Crippen LogP contribution is 2.29. The monoisotopic (exact) mass is 270 g/mol. The number of aryl methyl sites for hydroxylation is 2. The quantitative estimate of drug-likeness (QED) is 0.785. The number of rotatable bonds is 3. The van der Waals surface area contributed by atoms with Crippen LogP contribution in [0.25, 0.3) is 0 Å². The summed E-state index contributed by atoms with van der Waals surface area (Å²) in [5.74, 6) is 1.89. The zero-order valence-corrected chi connectivity index (χ0v) is 11.7. The SMILES string of the molecule is Cc1cc(C)nc(C(C(C)C)C(C)Br)n1. The molecule has 15 heavy (non-hydrogen) atoms. The Morgan fingerprint density at radius 1 is 1.07 bits per heavy atom. The minimum atomic E-state index is 0.378. The molecule has 2 nitrogen and oxygen atoms in total. The second kappa shape index (κ2) is 5.06. The van der Waals surface area contributed by atoms with Gasteiger partial charge in [0.1, 0.15) is 5.82 Å². The molecule has 0 aromatic carbocycles. The van der Waals surface area contributed by atoms with Crippen LogP contribution in [0.4, 0.5) is 0 Å². The molecule has 0 aliphatic heterocycles. The first kappa shape index (κ1) is 12.6. The second-order valence-corrected chi connectivity index (χ2v) is 5.90. The summed E-state index contributed by atoms with van der Waals surface area (Å²) in [6.45, 7) is 10.6. The predicted octanol–water partition coefficient (Wildman–Crippen LogP) is 3.62. The van der Waals surface area contributed by atoms with Crippen molar-refractivity contribution in [3.63, 3.8) is 0 Å². The molecule has 1 heterocycles. The smallest absolute Gasteiger partial charge is 0.133 e. The van der Waals surface area contributed by atoms with Crippen LogP contribution in [-0.4, -0.2) is 14.8 Å². The summed E-state index contributed by atoms with van der Waals surface area (Å²) in [4.78, 5) is 9.47. The van der Waals surface area contributed by atoms with Crippen molar-refractivity contribution < 1.29 is 0 Å². The Bertz CT molecular complexity index is 306. The molecule has 1 aromatic rings. The standard InChI is InChI=1S/C12H19BrN2/c1-7(2)11(10(5)13)12-14-8(3)6-9(4)15-12/h6-7,10-11H,1-5H3. The normalized spacial score (nSPS) is 15.4. The van der Waals surface area contributed by atoms with Crippen LogP contribution in [-0.2, 0) is 0 Å². The van der Waals surface area contributed by atoms with Gasteiger partial charge in [0.25, 0.3) is 0 Å². The fourth-order valence-electron chi connectivity index (χ4n) is 1.94. The summed E-state index contributed by atoms with van der Waals surface area (Å²) in [5, 5.41) is 0. The second-order valence-electron chi connectivity index (χ2n) is 4.46. The van der Waals surface area contributed by atoms with E-state index in [-0.39, 0.29) is 0 Å². The summed E-state index contributed by atoms with van der Waals surface area (Å²) >= 11 is 3.65. The van der Waals surface area contributed by atoms with Crippen molar-refractivity contribution >= 4 is 15.9 Å². The molecule has 2 atom stereocenters. The minimum Gasteiger partial charge on any atom is -0.238 e. The van der Waals surface area contributed by atoms with Crippen molar-refractivity contribution in [1.82, 2.24) is 9.97 Å². The fourth-order valence-corrected chi connectivity index (χ4v) is 2.78. The van der Waals surface area contributed by atoms with Crippen LogP contribution in [0.1, 0.15) is 43.9 Å². The van der Waals surface area contributed by atoms with Crippen molar-refractivity contribution in [2.24, 2.45) is 5.92 Å². The van der Waals surface area contributed by atoms with E-state index in [0.717, 1.165) is 17.2 Å². The molecule has 3 heteroatoms. The molecule has 0 bridgehead atoms. The Morgan fingerprint density at radius 3 is 1.87 bits per heavy atom. The van der Waals surface area contributed by atoms with E-state index in [1.807, 2.05) is 19.9 Å². The van der Waals surface area contributed by atoms with Gasteiger partial charge in [0.2, 0.25) is 0 Å². The van der Waals surface area contributed by atoms with E-state index in [9.17, 15) is 0 Å². The van der Waals surface area contributed by atoms with Crippen LogP contribution in [0.2, 0.25) is 0 Å². The first-order chi connectivity index (χ1) is 6.91. The van der Waals surface area contributed by atoms with E-state index in [1.54, 1.807) is 0 Å². The number of aromatic nitrogens is 2. The van der Waals surface area contributed by atoms with Crippen LogP contribution in [0, 0.1) is 19.8 Å². The topological polar surface area (TPSA) is 25.8 Å². The van der Waals surface area contributed by atoms with E-state index in [0.29, 0.717) is 16.7 Å². The van der Waals surface area contributed by atoms with Gasteiger partial charge in [-0.2, -0.15) is 0 Å². The van der Waals surface area contributed by atoms with Crippen LogP contribution in [0.5, 0.6) is 0 Å². The molecule has 1 rings (SSSR count). The van der Waals surface area contributed by atoms with Gasteiger partial charge in [-0.05, 0) is 25.8 Å². The molecule has 0 fully saturated rings. The molecule has 0 radical (unpaired) electrons. The third-order valence-corrected chi connectivity index (χ3v) is 3.08. The van der Waals surface area contributed by atoms with E-state index in [4.69, 9.17) is 0 Å². The van der Waals surface area contributed by atoms with Crippen molar-refractivity contribution in [2.75, 3.05) is 0 Å². The Labute approximate surface area is 101 Å². The highest BCUT2D eigenvalue weighted by atomic mass is 79.9. The highest BCUT2D eigenvalue weighted by molar-refractivity contribution is 9.09. The number of alkyl halides is 1. The molecule has 2 unspecified atom stereocenters. The number of hydrogen-bond donors (Lipinski definition) is 0. The first-order valence-electron chi connectivity index (χ1n) is 5.38. The summed E-state index contributed by atoms with van der Waals surface area (Å²) in [6.07, 6.45) is 0. The van der Waals surface area contributed by atoms with Crippen LogP contribution >= 0.6 is 15.9 Å². The zero-order valence-electron chi connectivity index (χ0n) is 10.1. The van der Waals surface area contributed by atoms with E-state index in [2.05, 4.69) is 46.7 Å². The van der Waals surface area contributed by atoms with Gasteiger partial charge in [-0.3, -0.25) is 0 Å². The minimum absolute atomic E-state index is 0.378. The first-order valence-corrected chi connectivity index (χ1v) is 6.29. The van der Waals surface area contributed by atoms with Crippen LogP contribution < -0.4 is 0 Å². The Hall–Kier alpha value is -0.440. The van der Waals surface area contributed by atoms with Crippen LogP contribution in [0.15, 0.2) is 6.07 Å². The van der Waals surface area contributed by atoms with Gasteiger partial charge in [0.05, 0.1) is 0 Å². The van der Waals surface area contributed by atoms with Crippen molar-refractivity contribution in [2.45, 2.75) is 45.4 Å². The molecule has 0 saturated heterocycles. The largest absolute Gasteiger partial charge is 0.238 e. The molecule has 0 N–H and O–H groups in total. The summed E-state index contributed by atoms with van der Waals surface area (Å²) in [5.41, 5.74) is 2.10. The summed E-state index contributed by atoms with van der Waals surface area (Å²) in [7, 11) is 0. The predicted molar refractivity (Wildman–Crippen MR) is 67.5 cm³/mol. The lowest BCUT2D eigenvalue weighted by Gasteiger charge is -2.22. The Morgan fingerprint density at radius 2 is 1.53 bits per heavy atom. The van der Waals surface area contributed by atoms with Gasteiger partial charge in [-0.25, -0.2) is 9.97 Å².